The summed E-state index contributed by atoms with van der Waals surface area (Å²) >= 11 is 3.31. The lowest BCUT2D eigenvalue weighted by Crippen LogP contribution is -2.39. The maximum Gasteiger partial charge on any atom is 0.310 e. The molecule has 0 spiro atoms. The van der Waals surface area contributed by atoms with Crippen LogP contribution in [0.3, 0.4) is 0 Å². The maximum atomic E-state index is 12.3. The van der Waals surface area contributed by atoms with Crippen molar-refractivity contribution in [3.8, 4) is 0 Å². The normalized spacial score (nSPS) is 30.4. The number of anilines is 1. The molecule has 2 heterocycles. The monoisotopic (exact) mass is 337 g/mol. The van der Waals surface area contributed by atoms with E-state index in [1.807, 2.05) is 12.1 Å². The quantitative estimate of drug-likeness (QED) is 0.827. The molecule has 1 amide bonds. The van der Waals surface area contributed by atoms with Crippen molar-refractivity contribution in [3.63, 3.8) is 0 Å². The van der Waals surface area contributed by atoms with E-state index in [4.69, 9.17) is 4.74 Å². The van der Waals surface area contributed by atoms with Crippen molar-refractivity contribution < 1.29 is 19.4 Å². The second-order valence-corrected chi connectivity index (χ2v) is 5.75. The molecule has 0 aromatic heterocycles. The van der Waals surface area contributed by atoms with E-state index >= 15 is 0 Å². The van der Waals surface area contributed by atoms with Crippen LogP contribution in [0.2, 0.25) is 0 Å². The minimum Gasteiger partial charge on any atom is -0.481 e. The summed E-state index contributed by atoms with van der Waals surface area (Å²) in [6, 6.07) is 7.12. The summed E-state index contributed by atoms with van der Waals surface area (Å²) in [7, 11) is 0. The third kappa shape index (κ3) is 2.25. The van der Waals surface area contributed by atoms with Crippen LogP contribution in [0.15, 0.2) is 40.9 Å². The number of carboxylic acid groups (broad SMARTS) is 1. The van der Waals surface area contributed by atoms with Crippen LogP contribution in [0.1, 0.15) is 0 Å². The fourth-order valence-corrected chi connectivity index (χ4v) is 2.94. The van der Waals surface area contributed by atoms with Crippen LogP contribution < -0.4 is 5.32 Å². The molecule has 1 fully saturated rings. The molecule has 2 N–H and O–H groups in total. The van der Waals surface area contributed by atoms with E-state index in [2.05, 4.69) is 21.2 Å². The van der Waals surface area contributed by atoms with Gasteiger partial charge in [-0.15, -0.1) is 0 Å². The second-order valence-electron chi connectivity index (χ2n) is 4.84. The van der Waals surface area contributed by atoms with E-state index in [9.17, 15) is 14.7 Å². The summed E-state index contributed by atoms with van der Waals surface area (Å²) < 4.78 is 6.38. The van der Waals surface area contributed by atoms with Gasteiger partial charge < -0.3 is 15.2 Å². The molecule has 2 aliphatic heterocycles. The molecule has 1 saturated heterocycles. The summed E-state index contributed by atoms with van der Waals surface area (Å²) in [5.41, 5.74) is 0.633. The largest absolute Gasteiger partial charge is 0.481 e. The van der Waals surface area contributed by atoms with Gasteiger partial charge in [0.1, 0.15) is 5.92 Å². The zero-order chi connectivity index (χ0) is 14.3. The number of halogens is 1. The van der Waals surface area contributed by atoms with Gasteiger partial charge in [-0.3, -0.25) is 9.59 Å². The predicted octanol–water partition coefficient (Wildman–Crippen LogP) is 2.04. The average Bonchev–Trinajstić information content (AvgIpc) is 3.01. The molecular weight excluding hydrogens is 326 g/mol. The van der Waals surface area contributed by atoms with Gasteiger partial charge in [0.25, 0.3) is 0 Å². The van der Waals surface area contributed by atoms with Crippen LogP contribution in [0, 0.1) is 11.8 Å². The van der Waals surface area contributed by atoms with Crippen LogP contribution in [-0.2, 0) is 14.3 Å². The van der Waals surface area contributed by atoms with E-state index in [1.54, 1.807) is 24.3 Å². The van der Waals surface area contributed by atoms with Crippen LogP contribution in [0.5, 0.6) is 0 Å². The lowest BCUT2D eigenvalue weighted by molar-refractivity contribution is -0.145. The predicted molar refractivity (Wildman–Crippen MR) is 75.2 cm³/mol. The molecule has 6 heteroatoms. The Morgan fingerprint density at radius 1 is 1.10 bits per heavy atom. The molecule has 104 valence electrons. The molecule has 1 aromatic rings. The molecule has 20 heavy (non-hydrogen) atoms. The molecule has 0 saturated carbocycles. The summed E-state index contributed by atoms with van der Waals surface area (Å²) in [6.07, 6.45) is 2.53. The highest BCUT2D eigenvalue weighted by molar-refractivity contribution is 9.10. The van der Waals surface area contributed by atoms with Gasteiger partial charge >= 0.3 is 5.97 Å². The van der Waals surface area contributed by atoms with Crippen molar-refractivity contribution in [3.05, 3.63) is 40.9 Å². The van der Waals surface area contributed by atoms with Crippen molar-refractivity contribution in [1.29, 1.82) is 0 Å². The molecule has 3 rings (SSSR count). The summed E-state index contributed by atoms with van der Waals surface area (Å²) in [4.78, 5) is 23.6. The number of amides is 1. The van der Waals surface area contributed by atoms with E-state index < -0.39 is 30.0 Å². The third-order valence-corrected chi connectivity index (χ3v) is 4.13. The Hall–Kier alpha value is -1.66. The van der Waals surface area contributed by atoms with Crippen molar-refractivity contribution in [2.45, 2.75) is 12.2 Å². The number of nitrogens with one attached hydrogen (secondary N) is 1. The molecule has 2 aliphatic rings. The topological polar surface area (TPSA) is 75.6 Å². The van der Waals surface area contributed by atoms with Gasteiger partial charge in [-0.05, 0) is 24.3 Å². The Labute approximate surface area is 123 Å². The first-order valence-electron chi connectivity index (χ1n) is 6.19. The zero-order valence-corrected chi connectivity index (χ0v) is 11.9. The highest BCUT2D eigenvalue weighted by Gasteiger charge is 2.53. The highest BCUT2D eigenvalue weighted by Crippen LogP contribution is 2.39. The Bertz CT molecular complexity index is 583. The number of carbonyl (C=O) groups excluding carboxylic acids is 1. The van der Waals surface area contributed by atoms with Crippen LogP contribution in [0.25, 0.3) is 0 Å². The van der Waals surface area contributed by atoms with Gasteiger partial charge in [-0.25, -0.2) is 0 Å². The SMILES string of the molecule is O=C(Nc1ccc(Br)cc1)[C@@H]1[C@H](C(=O)O)[C@@H]2C=C[C@H]1O2. The molecular formula is C14H12BrNO4. The standard InChI is InChI=1S/C14H12BrNO4/c15-7-1-3-8(4-2-7)16-13(17)11-9-5-6-10(20-9)12(11)14(18)19/h1-6,9-12H,(H,16,17)(H,18,19)/t9-,10+,11+,12-/m1/s1. The van der Waals surface area contributed by atoms with Crippen LogP contribution >= 0.6 is 15.9 Å². The Balaban J connectivity index is 1.78. The average molecular weight is 338 g/mol. The van der Waals surface area contributed by atoms with Gasteiger partial charge in [0.2, 0.25) is 5.91 Å². The van der Waals surface area contributed by atoms with Crippen molar-refractivity contribution in [2.24, 2.45) is 11.8 Å². The van der Waals surface area contributed by atoms with Gasteiger partial charge in [-0.1, -0.05) is 28.1 Å². The molecule has 0 unspecified atom stereocenters. The van der Waals surface area contributed by atoms with Gasteiger partial charge in [0, 0.05) is 10.2 Å². The van der Waals surface area contributed by atoms with E-state index in [-0.39, 0.29) is 5.91 Å². The fourth-order valence-electron chi connectivity index (χ4n) is 2.67. The van der Waals surface area contributed by atoms with Crippen LogP contribution in [0.4, 0.5) is 5.69 Å². The minimum atomic E-state index is -1.00. The smallest absolute Gasteiger partial charge is 0.310 e. The summed E-state index contributed by atoms with van der Waals surface area (Å²) in [6.45, 7) is 0. The number of benzene rings is 1. The number of carbonyl (C=O) groups is 2. The molecule has 1 aromatic carbocycles. The summed E-state index contributed by atoms with van der Waals surface area (Å²) in [5, 5.41) is 12.0. The van der Waals surface area contributed by atoms with Crippen molar-refractivity contribution >= 4 is 33.5 Å². The zero-order valence-electron chi connectivity index (χ0n) is 10.3. The molecule has 0 radical (unpaired) electrons. The molecule has 0 aliphatic carbocycles. The van der Waals surface area contributed by atoms with E-state index in [1.165, 1.54) is 0 Å². The Morgan fingerprint density at radius 3 is 2.30 bits per heavy atom. The number of aliphatic carboxylic acids is 1. The van der Waals surface area contributed by atoms with Crippen molar-refractivity contribution in [2.75, 3.05) is 5.32 Å². The second kappa shape index (κ2) is 5.03. The number of hydrogen-bond donors (Lipinski definition) is 2. The first-order valence-corrected chi connectivity index (χ1v) is 6.98. The minimum absolute atomic E-state index is 0.323. The molecule has 5 nitrogen and oxygen atoms in total. The number of rotatable bonds is 3. The number of carboxylic acids is 1. The summed E-state index contributed by atoms with van der Waals surface area (Å²) in [5.74, 6) is -2.83. The first kappa shape index (κ1) is 13.3. The Morgan fingerprint density at radius 2 is 1.70 bits per heavy atom. The van der Waals surface area contributed by atoms with Gasteiger partial charge in [0.05, 0.1) is 18.1 Å². The van der Waals surface area contributed by atoms with Crippen molar-refractivity contribution in [1.82, 2.24) is 0 Å². The third-order valence-electron chi connectivity index (χ3n) is 3.60. The first-order chi connectivity index (χ1) is 9.56. The van der Waals surface area contributed by atoms with E-state index in [0.717, 1.165) is 4.47 Å². The number of fused-ring (bicyclic) bond motifs is 2. The lowest BCUT2D eigenvalue weighted by Gasteiger charge is -2.20. The number of hydrogen-bond acceptors (Lipinski definition) is 3. The number of ether oxygens (including phenoxy) is 1. The van der Waals surface area contributed by atoms with Gasteiger partial charge in [0.15, 0.2) is 0 Å². The molecule has 2 bridgehead atoms. The van der Waals surface area contributed by atoms with Gasteiger partial charge in [-0.2, -0.15) is 0 Å². The van der Waals surface area contributed by atoms with E-state index in [0.29, 0.717) is 5.69 Å². The maximum absolute atomic E-state index is 12.3. The Kier molecular flexibility index (Phi) is 3.35. The molecule has 4 atom stereocenters. The van der Waals surface area contributed by atoms with Crippen LogP contribution in [-0.4, -0.2) is 29.2 Å². The fraction of sp³-hybridized carbons (Fsp3) is 0.286. The lowest BCUT2D eigenvalue weighted by atomic mass is 9.82. The highest BCUT2D eigenvalue weighted by atomic mass is 79.9.